The summed E-state index contributed by atoms with van der Waals surface area (Å²) in [6, 6.07) is 6.69. The van der Waals surface area contributed by atoms with Gasteiger partial charge in [0.2, 0.25) is 21.1 Å². The Hall–Kier alpha value is -1.88. The Morgan fingerprint density at radius 3 is 2.56 bits per heavy atom. The maximum atomic E-state index is 12.6. The summed E-state index contributed by atoms with van der Waals surface area (Å²) in [5.41, 5.74) is 0.901. The van der Waals surface area contributed by atoms with Crippen molar-refractivity contribution in [1.82, 2.24) is 14.5 Å². The fraction of sp³-hybridized carbons (Fsp3) is 0.471. The van der Waals surface area contributed by atoms with Crippen molar-refractivity contribution in [1.29, 1.82) is 0 Å². The van der Waals surface area contributed by atoms with Gasteiger partial charge < -0.3 is 10.1 Å². The third kappa shape index (κ3) is 5.10. The number of hydrogen-bond donors (Lipinski definition) is 1. The van der Waals surface area contributed by atoms with E-state index >= 15 is 0 Å². The third-order valence-electron chi connectivity index (χ3n) is 4.19. The number of rotatable bonds is 7. The zero-order chi connectivity index (χ0) is 19.3. The van der Waals surface area contributed by atoms with Crippen molar-refractivity contribution in [2.45, 2.75) is 31.1 Å². The highest BCUT2D eigenvalue weighted by Gasteiger charge is 2.26. The van der Waals surface area contributed by atoms with Gasteiger partial charge in [0.1, 0.15) is 5.01 Å². The lowest BCUT2D eigenvalue weighted by Crippen LogP contribution is -2.40. The number of aromatic nitrogens is 2. The van der Waals surface area contributed by atoms with Gasteiger partial charge in [-0.3, -0.25) is 4.79 Å². The predicted molar refractivity (Wildman–Crippen MR) is 102 cm³/mol. The minimum absolute atomic E-state index is 0.140. The van der Waals surface area contributed by atoms with Crippen LogP contribution in [-0.2, 0) is 32.4 Å². The lowest BCUT2D eigenvalue weighted by Gasteiger charge is -2.26. The second kappa shape index (κ2) is 8.87. The summed E-state index contributed by atoms with van der Waals surface area (Å²) in [6.07, 6.45) is 1.59. The van der Waals surface area contributed by atoms with E-state index in [-0.39, 0.29) is 17.2 Å². The number of aryl methyl sites for hydroxylation is 2. The normalized spacial score (nSPS) is 15.6. The number of carbonyl (C=O) groups is 1. The highest BCUT2D eigenvalue weighted by Crippen LogP contribution is 2.19. The molecule has 1 aliphatic rings. The van der Waals surface area contributed by atoms with Crippen LogP contribution in [0.3, 0.4) is 0 Å². The molecule has 1 fully saturated rings. The van der Waals surface area contributed by atoms with Crippen LogP contribution in [0, 0.1) is 0 Å². The van der Waals surface area contributed by atoms with E-state index < -0.39 is 10.0 Å². The first kappa shape index (κ1) is 19.9. The zero-order valence-corrected chi connectivity index (χ0v) is 16.7. The Bertz CT molecular complexity index is 875. The smallest absolute Gasteiger partial charge is 0.243 e. The molecule has 0 atom stereocenters. The van der Waals surface area contributed by atoms with Crippen molar-refractivity contribution in [2.24, 2.45) is 0 Å². The van der Waals surface area contributed by atoms with Crippen LogP contribution in [-0.4, -0.2) is 55.1 Å². The SMILES string of the molecule is CCc1nnc(NC(=O)CCc2ccc(S(=O)(=O)N3CCOCC3)cc2)s1. The van der Waals surface area contributed by atoms with E-state index in [0.29, 0.717) is 37.9 Å². The molecule has 0 spiro atoms. The molecule has 0 aliphatic carbocycles. The second-order valence-corrected chi connectivity index (χ2v) is 9.06. The lowest BCUT2D eigenvalue weighted by molar-refractivity contribution is -0.116. The van der Waals surface area contributed by atoms with Crippen LogP contribution < -0.4 is 5.32 Å². The largest absolute Gasteiger partial charge is 0.379 e. The monoisotopic (exact) mass is 410 g/mol. The Balaban J connectivity index is 1.55. The average molecular weight is 411 g/mol. The quantitative estimate of drug-likeness (QED) is 0.745. The van der Waals surface area contributed by atoms with Crippen LogP contribution in [0.15, 0.2) is 29.2 Å². The third-order valence-corrected chi connectivity index (χ3v) is 7.08. The van der Waals surface area contributed by atoms with E-state index in [0.717, 1.165) is 17.0 Å². The average Bonchev–Trinajstić information content (AvgIpc) is 3.15. The van der Waals surface area contributed by atoms with E-state index in [4.69, 9.17) is 4.74 Å². The van der Waals surface area contributed by atoms with Gasteiger partial charge in [0.05, 0.1) is 18.1 Å². The first-order valence-corrected chi connectivity index (χ1v) is 11.0. The van der Waals surface area contributed by atoms with E-state index in [2.05, 4.69) is 15.5 Å². The molecule has 2 aromatic rings. The van der Waals surface area contributed by atoms with Crippen molar-refractivity contribution in [3.05, 3.63) is 34.8 Å². The summed E-state index contributed by atoms with van der Waals surface area (Å²) in [7, 11) is -3.49. The van der Waals surface area contributed by atoms with Crippen molar-refractivity contribution in [2.75, 3.05) is 31.6 Å². The Morgan fingerprint density at radius 2 is 1.93 bits per heavy atom. The highest BCUT2D eigenvalue weighted by molar-refractivity contribution is 7.89. The minimum atomic E-state index is -3.49. The molecule has 1 saturated heterocycles. The molecule has 8 nitrogen and oxygen atoms in total. The number of nitrogens with zero attached hydrogens (tertiary/aromatic N) is 3. The highest BCUT2D eigenvalue weighted by atomic mass is 32.2. The predicted octanol–water partition coefficient (Wildman–Crippen LogP) is 1.69. The van der Waals surface area contributed by atoms with Gasteiger partial charge in [-0.05, 0) is 30.5 Å². The van der Waals surface area contributed by atoms with Crippen molar-refractivity contribution >= 4 is 32.4 Å². The number of morpholine rings is 1. The number of nitrogens with one attached hydrogen (secondary N) is 1. The number of ether oxygens (including phenoxy) is 1. The van der Waals surface area contributed by atoms with Gasteiger partial charge in [-0.25, -0.2) is 8.42 Å². The molecule has 1 aromatic heterocycles. The number of benzene rings is 1. The maximum absolute atomic E-state index is 12.6. The van der Waals surface area contributed by atoms with E-state index in [9.17, 15) is 13.2 Å². The van der Waals surface area contributed by atoms with Gasteiger partial charge in [0, 0.05) is 19.5 Å². The second-order valence-electron chi connectivity index (χ2n) is 6.06. The van der Waals surface area contributed by atoms with Gasteiger partial charge >= 0.3 is 0 Å². The fourth-order valence-electron chi connectivity index (χ4n) is 2.65. The van der Waals surface area contributed by atoms with Crippen LogP contribution in [0.25, 0.3) is 0 Å². The first-order valence-electron chi connectivity index (χ1n) is 8.78. The molecule has 10 heteroatoms. The van der Waals surface area contributed by atoms with Gasteiger partial charge in [-0.15, -0.1) is 10.2 Å². The van der Waals surface area contributed by atoms with E-state index in [1.807, 2.05) is 6.92 Å². The molecule has 1 aliphatic heterocycles. The molecule has 0 unspecified atom stereocenters. The molecule has 0 radical (unpaired) electrons. The van der Waals surface area contributed by atoms with Crippen molar-refractivity contribution < 1.29 is 17.9 Å². The molecule has 2 heterocycles. The van der Waals surface area contributed by atoms with E-state index in [1.165, 1.54) is 15.6 Å². The molecule has 0 bridgehead atoms. The number of carbonyl (C=O) groups excluding carboxylic acids is 1. The minimum Gasteiger partial charge on any atom is -0.379 e. The van der Waals surface area contributed by atoms with Gasteiger partial charge in [-0.2, -0.15) is 4.31 Å². The molecule has 1 amide bonds. The van der Waals surface area contributed by atoms with Crippen LogP contribution in [0.2, 0.25) is 0 Å². The Morgan fingerprint density at radius 1 is 1.22 bits per heavy atom. The van der Waals surface area contributed by atoms with Gasteiger partial charge in [-0.1, -0.05) is 30.4 Å². The molecule has 3 rings (SSSR count). The number of sulfonamides is 1. The summed E-state index contributed by atoms with van der Waals surface area (Å²) >= 11 is 1.37. The Kier molecular flexibility index (Phi) is 6.53. The maximum Gasteiger partial charge on any atom is 0.243 e. The van der Waals surface area contributed by atoms with Crippen molar-refractivity contribution in [3.8, 4) is 0 Å². The van der Waals surface area contributed by atoms with Crippen LogP contribution in [0.5, 0.6) is 0 Å². The number of amides is 1. The summed E-state index contributed by atoms with van der Waals surface area (Å²) < 4.78 is 31.8. The Labute approximate surface area is 162 Å². The standard InChI is InChI=1S/C17H22N4O4S2/c1-2-16-19-20-17(26-16)18-15(22)8-5-13-3-6-14(7-4-13)27(23,24)21-9-11-25-12-10-21/h3-4,6-7H,2,5,8-12H2,1H3,(H,18,20,22). The number of anilines is 1. The van der Waals surface area contributed by atoms with Crippen LogP contribution in [0.4, 0.5) is 5.13 Å². The fourth-order valence-corrected chi connectivity index (χ4v) is 4.75. The van der Waals surface area contributed by atoms with Crippen LogP contribution >= 0.6 is 11.3 Å². The van der Waals surface area contributed by atoms with Crippen molar-refractivity contribution in [3.63, 3.8) is 0 Å². The molecule has 146 valence electrons. The molecule has 1 N–H and O–H groups in total. The molecular weight excluding hydrogens is 388 g/mol. The van der Waals surface area contributed by atoms with Gasteiger partial charge in [0.25, 0.3) is 0 Å². The molecule has 1 aromatic carbocycles. The molecular formula is C17H22N4O4S2. The molecule has 27 heavy (non-hydrogen) atoms. The van der Waals surface area contributed by atoms with Gasteiger partial charge in [0.15, 0.2) is 0 Å². The van der Waals surface area contributed by atoms with E-state index in [1.54, 1.807) is 24.3 Å². The topological polar surface area (TPSA) is 101 Å². The zero-order valence-electron chi connectivity index (χ0n) is 15.1. The summed E-state index contributed by atoms with van der Waals surface area (Å²) in [6.45, 7) is 3.56. The number of hydrogen-bond acceptors (Lipinski definition) is 7. The summed E-state index contributed by atoms with van der Waals surface area (Å²) in [4.78, 5) is 12.3. The van der Waals surface area contributed by atoms with Crippen LogP contribution in [0.1, 0.15) is 23.9 Å². The molecule has 0 saturated carbocycles. The summed E-state index contributed by atoms with van der Waals surface area (Å²) in [5, 5.41) is 12.0. The summed E-state index contributed by atoms with van der Waals surface area (Å²) in [5.74, 6) is -0.140. The lowest BCUT2D eigenvalue weighted by atomic mass is 10.1. The first-order chi connectivity index (χ1) is 13.0.